The Balaban J connectivity index is 0.000000321. The highest BCUT2D eigenvalue weighted by Crippen LogP contribution is 2.45. The molecule has 1 N–H and O–H groups in total. The topological polar surface area (TPSA) is 91.8 Å². The third kappa shape index (κ3) is 6.25. The molecule has 0 radical (unpaired) electrons. The Morgan fingerprint density at radius 2 is 1.31 bits per heavy atom. The minimum Gasteiger partial charge on any atom is -0.480 e. The first-order valence-electron chi connectivity index (χ1n) is 12.6. The number of carboxylic acid groups (broad SMARTS) is 1. The molecule has 2 aliphatic rings. The van der Waals surface area contributed by atoms with E-state index in [1.807, 2.05) is 0 Å². The van der Waals surface area contributed by atoms with Crippen LogP contribution in [0.15, 0.2) is 0 Å². The zero-order valence-electron chi connectivity index (χ0n) is 21.2. The quantitative estimate of drug-likeness (QED) is 0.318. The number of carbonyl (C=O) groups excluding carboxylic acids is 1. The summed E-state index contributed by atoms with van der Waals surface area (Å²) in [6, 6.07) is -1.26. The van der Waals surface area contributed by atoms with Gasteiger partial charge in [0.05, 0.1) is 37.3 Å². The van der Waals surface area contributed by atoms with E-state index < -0.39 is 37.9 Å². The molecule has 188 valence electrons. The lowest BCUT2D eigenvalue weighted by Gasteiger charge is -2.39. The van der Waals surface area contributed by atoms with Gasteiger partial charge in [-0.2, -0.15) is 0 Å². The largest absolute Gasteiger partial charge is 0.480 e. The number of rotatable bonds is 13. The number of carboxylic acids is 1. The molecule has 0 bridgehead atoms. The van der Waals surface area contributed by atoms with Crippen LogP contribution in [0.5, 0.6) is 0 Å². The molecule has 0 spiro atoms. The number of hydrogen-bond donors (Lipinski definition) is 1. The van der Waals surface area contributed by atoms with Crippen LogP contribution in [0.1, 0.15) is 99.3 Å². The number of unbranched alkanes of at least 4 members (excludes halogenated alkanes) is 4. The van der Waals surface area contributed by atoms with E-state index in [-0.39, 0.29) is 6.42 Å². The van der Waals surface area contributed by atoms with E-state index in [1.54, 1.807) is 0 Å². The minimum absolute atomic E-state index is 0.0878. The van der Waals surface area contributed by atoms with Gasteiger partial charge in [0.2, 0.25) is 5.91 Å². The van der Waals surface area contributed by atoms with E-state index in [9.17, 15) is 18.0 Å². The first-order chi connectivity index (χ1) is 15.0. The fourth-order valence-corrected chi connectivity index (χ4v) is 7.00. The molecule has 0 aliphatic carbocycles. The van der Waals surface area contributed by atoms with Gasteiger partial charge in [-0.15, -0.1) is 0 Å². The van der Waals surface area contributed by atoms with Crippen molar-refractivity contribution in [2.45, 2.75) is 115 Å². The van der Waals surface area contributed by atoms with Crippen LogP contribution in [0.3, 0.4) is 0 Å². The van der Waals surface area contributed by atoms with E-state index >= 15 is 0 Å². The smallest absolute Gasteiger partial charge is 0.328 e. The molecule has 32 heavy (non-hydrogen) atoms. The Labute approximate surface area is 196 Å². The number of nitrogens with zero attached hydrogens (tertiary/aromatic N) is 2. The number of carbonyl (C=O) groups is 2. The van der Waals surface area contributed by atoms with Crippen LogP contribution in [-0.2, 0) is 19.4 Å². The first-order valence-corrected chi connectivity index (χ1v) is 14.1. The number of sulfone groups is 1. The van der Waals surface area contributed by atoms with E-state index in [0.29, 0.717) is 0 Å². The van der Waals surface area contributed by atoms with Crippen molar-refractivity contribution in [3.63, 3.8) is 0 Å². The minimum atomic E-state index is -3.57. The van der Waals surface area contributed by atoms with Gasteiger partial charge in [0.15, 0.2) is 9.84 Å². The van der Waals surface area contributed by atoms with Gasteiger partial charge in [0, 0.05) is 0 Å². The Hall–Kier alpha value is -1.15. The van der Waals surface area contributed by atoms with Crippen LogP contribution in [0.4, 0.5) is 0 Å². The maximum absolute atomic E-state index is 11.9. The molecule has 2 fully saturated rings. The van der Waals surface area contributed by atoms with Crippen molar-refractivity contribution < 1.29 is 27.6 Å². The van der Waals surface area contributed by atoms with Gasteiger partial charge >= 0.3 is 5.97 Å². The molecule has 0 saturated carbocycles. The molecule has 2 rings (SSSR count). The lowest BCUT2D eigenvalue weighted by Crippen LogP contribution is -2.57. The van der Waals surface area contributed by atoms with Crippen molar-refractivity contribution in [1.29, 1.82) is 0 Å². The molecule has 2 atom stereocenters. The molecule has 2 saturated heterocycles. The van der Waals surface area contributed by atoms with Crippen molar-refractivity contribution in [3.8, 4) is 0 Å². The third-order valence-corrected chi connectivity index (χ3v) is 9.95. The Morgan fingerprint density at radius 3 is 1.56 bits per heavy atom. The van der Waals surface area contributed by atoms with E-state index in [2.05, 4.69) is 27.7 Å². The second-order valence-electron chi connectivity index (χ2n) is 10.00. The third-order valence-electron chi connectivity index (χ3n) is 7.15. The Bertz CT molecular complexity index is 682. The summed E-state index contributed by atoms with van der Waals surface area (Å²) in [5.74, 6) is -1.67. The zero-order chi connectivity index (χ0) is 24.6. The van der Waals surface area contributed by atoms with Gasteiger partial charge in [-0.05, 0) is 39.5 Å². The Kier molecular flexibility index (Phi) is 11.1. The van der Waals surface area contributed by atoms with Gasteiger partial charge in [-0.1, -0.05) is 53.4 Å². The zero-order valence-corrected chi connectivity index (χ0v) is 22.0. The summed E-state index contributed by atoms with van der Waals surface area (Å²) in [7, 11) is -3.57. The summed E-state index contributed by atoms with van der Waals surface area (Å²) < 4.78 is 23.8. The molecule has 7 nitrogen and oxygen atoms in total. The van der Waals surface area contributed by atoms with Crippen LogP contribution in [0, 0.1) is 0 Å². The Morgan fingerprint density at radius 1 is 0.938 bits per heavy atom. The van der Waals surface area contributed by atoms with Gasteiger partial charge < -0.3 is 14.5 Å². The highest BCUT2D eigenvalue weighted by Gasteiger charge is 2.67. The van der Waals surface area contributed by atoms with Crippen molar-refractivity contribution in [1.82, 2.24) is 4.90 Å². The van der Waals surface area contributed by atoms with Crippen LogP contribution in [0.25, 0.3) is 0 Å². The first kappa shape index (κ1) is 28.9. The fourth-order valence-electron chi connectivity index (χ4n) is 4.87. The lowest BCUT2D eigenvalue weighted by atomic mass is 9.98. The average molecular weight is 476 g/mol. The summed E-state index contributed by atoms with van der Waals surface area (Å²) in [6.07, 6.45) is 11.0. The molecule has 8 heteroatoms. The van der Waals surface area contributed by atoms with Crippen LogP contribution in [-0.4, -0.2) is 77.1 Å². The van der Waals surface area contributed by atoms with E-state index in [0.717, 1.165) is 4.90 Å². The van der Waals surface area contributed by atoms with Crippen LogP contribution < -0.4 is 0 Å². The molecular formula is C24H47N2O5S+. The number of amides is 1. The highest BCUT2D eigenvalue weighted by molar-refractivity contribution is 7.93. The number of hydrogen-bond acceptors (Lipinski definition) is 4. The average Bonchev–Trinajstić information content (AvgIpc) is 2.87. The monoisotopic (exact) mass is 475 g/mol. The van der Waals surface area contributed by atoms with Crippen molar-refractivity contribution >= 4 is 21.7 Å². The molecule has 2 aliphatic heterocycles. The molecule has 0 aromatic carbocycles. The van der Waals surface area contributed by atoms with Gasteiger partial charge in [0.25, 0.3) is 0 Å². The van der Waals surface area contributed by atoms with Gasteiger partial charge in [-0.25, -0.2) is 13.2 Å². The van der Waals surface area contributed by atoms with Gasteiger partial charge in [0.1, 0.15) is 11.4 Å². The number of aliphatic carboxylic acids is 1. The maximum Gasteiger partial charge on any atom is 0.328 e. The summed E-state index contributed by atoms with van der Waals surface area (Å²) >= 11 is 0. The molecule has 0 aromatic rings. The number of β-lactam (4-membered cyclic amide) rings is 1. The number of fused-ring (bicyclic) bond motifs is 1. The molecule has 2 heterocycles. The van der Waals surface area contributed by atoms with E-state index in [4.69, 9.17) is 5.11 Å². The fraction of sp³-hybridized carbons (Fsp3) is 0.917. The summed E-state index contributed by atoms with van der Waals surface area (Å²) in [5, 5.41) is 8.03. The highest BCUT2D eigenvalue weighted by atomic mass is 32.2. The van der Waals surface area contributed by atoms with Crippen molar-refractivity contribution in [3.05, 3.63) is 0 Å². The molecule has 0 aromatic heterocycles. The summed E-state index contributed by atoms with van der Waals surface area (Å²) in [4.78, 5) is 23.2. The van der Waals surface area contributed by atoms with Crippen molar-refractivity contribution in [2.24, 2.45) is 0 Å². The normalized spacial score (nSPS) is 23.2. The molecule has 0 unspecified atom stereocenters. The standard InChI is InChI=1S/C16H36N.C8H11NO5S/c1-5-9-13-17(14-10-6-2,15-11-7-3)16-12-8-4;1-8(2)6(7(11)12)9-4(10)3-5(9)15(8,13)14/h5-16H2,1-4H3;5-6H,3H2,1-2H3,(H,11,12)/q+1;/t;5-,6+/m.1/s1. The number of quaternary nitrogens is 1. The second kappa shape index (κ2) is 12.4. The van der Waals surface area contributed by atoms with Crippen LogP contribution >= 0.6 is 0 Å². The van der Waals surface area contributed by atoms with Gasteiger partial charge in [-0.3, -0.25) is 4.79 Å². The maximum atomic E-state index is 11.9. The predicted molar refractivity (Wildman–Crippen MR) is 129 cm³/mol. The second-order valence-corrected chi connectivity index (χ2v) is 12.7. The lowest BCUT2D eigenvalue weighted by molar-refractivity contribution is -0.929. The van der Waals surface area contributed by atoms with Crippen molar-refractivity contribution in [2.75, 3.05) is 26.2 Å². The SMILES string of the molecule is CC1(C)[C@H](C(=O)O)N2C(=O)C[C@H]2S1(=O)=O.CCCC[N+](CCCC)(CCCC)CCCC. The van der Waals surface area contributed by atoms with Crippen LogP contribution in [0.2, 0.25) is 0 Å². The predicted octanol–water partition coefficient (Wildman–Crippen LogP) is 4.21. The molecular weight excluding hydrogens is 428 g/mol. The summed E-state index contributed by atoms with van der Waals surface area (Å²) in [5.41, 5.74) is 0. The molecule has 1 amide bonds. The summed E-state index contributed by atoms with van der Waals surface area (Å²) in [6.45, 7) is 17.7. The van der Waals surface area contributed by atoms with E-state index in [1.165, 1.54) is 95.9 Å².